The summed E-state index contributed by atoms with van der Waals surface area (Å²) in [4.78, 5) is 23.7. The van der Waals surface area contributed by atoms with Gasteiger partial charge in [0.2, 0.25) is 5.91 Å². The molecule has 0 aromatic heterocycles. The molecule has 0 fully saturated rings. The molecule has 1 N–H and O–H groups in total. The number of Topliss-reactive ketones (excluding diaryl/α,β-unsaturated/α-hetero) is 1. The van der Waals surface area contributed by atoms with Crippen LogP contribution in [0.3, 0.4) is 0 Å². The number of amides is 1. The van der Waals surface area contributed by atoms with Crippen molar-refractivity contribution in [2.75, 3.05) is 0 Å². The number of carbonyl (C=O) groups is 2. The molecule has 0 aliphatic rings. The van der Waals surface area contributed by atoms with Gasteiger partial charge in [-0.25, -0.2) is 4.39 Å². The van der Waals surface area contributed by atoms with E-state index in [2.05, 4.69) is 5.32 Å². The first-order valence-electron chi connectivity index (χ1n) is 7.66. The smallest absolute Gasteiger partial charge is 0.220 e. The summed E-state index contributed by atoms with van der Waals surface area (Å²) in [7, 11) is 0. The zero-order valence-electron chi connectivity index (χ0n) is 13.1. The van der Waals surface area contributed by atoms with Crippen LogP contribution in [0.25, 0.3) is 0 Å². The van der Waals surface area contributed by atoms with Gasteiger partial charge in [-0.15, -0.1) is 0 Å². The molecular formula is C19H20FNO2. The summed E-state index contributed by atoms with van der Waals surface area (Å²) in [6.07, 6.45) is 1.07. The molecule has 0 spiro atoms. The lowest BCUT2D eigenvalue weighted by Crippen LogP contribution is -2.23. The second kappa shape index (κ2) is 8.22. The number of aryl methyl sites for hydroxylation is 1. The maximum atomic E-state index is 12.8. The van der Waals surface area contributed by atoms with Crippen LogP contribution in [0.4, 0.5) is 4.39 Å². The monoisotopic (exact) mass is 313 g/mol. The number of ketones is 1. The molecule has 4 heteroatoms. The van der Waals surface area contributed by atoms with Crippen molar-refractivity contribution in [2.24, 2.45) is 0 Å². The molecule has 23 heavy (non-hydrogen) atoms. The van der Waals surface area contributed by atoms with Crippen LogP contribution in [0.2, 0.25) is 0 Å². The minimum Gasteiger partial charge on any atom is -0.352 e. The van der Waals surface area contributed by atoms with Gasteiger partial charge in [-0.2, -0.15) is 0 Å². The van der Waals surface area contributed by atoms with E-state index in [0.29, 0.717) is 24.9 Å². The average Bonchev–Trinajstić information content (AvgIpc) is 2.54. The fourth-order valence-electron chi connectivity index (χ4n) is 2.28. The fraction of sp³-hybridized carbons (Fsp3) is 0.263. The van der Waals surface area contributed by atoms with Crippen LogP contribution in [0.1, 0.15) is 40.7 Å². The molecule has 0 saturated heterocycles. The highest BCUT2D eigenvalue weighted by Gasteiger charge is 2.08. The van der Waals surface area contributed by atoms with E-state index < -0.39 is 0 Å². The predicted molar refractivity (Wildman–Crippen MR) is 87.6 cm³/mol. The molecule has 0 aliphatic heterocycles. The van der Waals surface area contributed by atoms with Crippen molar-refractivity contribution in [1.82, 2.24) is 5.32 Å². The Hall–Kier alpha value is -2.49. The Balaban J connectivity index is 1.71. The molecule has 0 heterocycles. The molecule has 0 bridgehead atoms. The zero-order chi connectivity index (χ0) is 16.7. The minimum absolute atomic E-state index is 0.0693. The van der Waals surface area contributed by atoms with Gasteiger partial charge in [-0.3, -0.25) is 9.59 Å². The molecule has 1 amide bonds. The number of rotatable bonds is 7. The summed E-state index contributed by atoms with van der Waals surface area (Å²) in [6, 6.07) is 13.4. The fourth-order valence-corrected chi connectivity index (χ4v) is 2.28. The lowest BCUT2D eigenvalue weighted by atomic mass is 10.1. The van der Waals surface area contributed by atoms with Crippen LogP contribution in [0.15, 0.2) is 48.5 Å². The van der Waals surface area contributed by atoms with Crippen molar-refractivity contribution in [3.63, 3.8) is 0 Å². The predicted octanol–water partition coefficient (Wildman–Crippen LogP) is 3.80. The molecule has 2 aromatic carbocycles. The highest BCUT2D eigenvalue weighted by molar-refractivity contribution is 5.96. The van der Waals surface area contributed by atoms with Crippen molar-refractivity contribution in [2.45, 2.75) is 32.7 Å². The Morgan fingerprint density at radius 3 is 2.39 bits per heavy atom. The first-order valence-corrected chi connectivity index (χ1v) is 7.66. The Morgan fingerprint density at radius 2 is 1.70 bits per heavy atom. The van der Waals surface area contributed by atoms with Gasteiger partial charge in [-0.05, 0) is 48.7 Å². The number of hydrogen-bond donors (Lipinski definition) is 1. The van der Waals surface area contributed by atoms with Crippen molar-refractivity contribution in [1.29, 1.82) is 0 Å². The summed E-state index contributed by atoms with van der Waals surface area (Å²) in [5.74, 6) is -0.506. The van der Waals surface area contributed by atoms with E-state index in [1.807, 2.05) is 31.2 Å². The first kappa shape index (κ1) is 16.9. The van der Waals surface area contributed by atoms with Gasteiger partial charge in [0.1, 0.15) is 5.82 Å². The van der Waals surface area contributed by atoms with Gasteiger partial charge in [0.05, 0.1) is 0 Å². The molecule has 3 nitrogen and oxygen atoms in total. The van der Waals surface area contributed by atoms with E-state index in [1.165, 1.54) is 24.3 Å². The topological polar surface area (TPSA) is 46.2 Å². The third-order valence-electron chi connectivity index (χ3n) is 3.71. The highest BCUT2D eigenvalue weighted by atomic mass is 19.1. The second-order valence-electron chi connectivity index (χ2n) is 5.49. The SMILES string of the molecule is Cc1ccccc1CNC(=O)CCCC(=O)c1ccc(F)cc1. The van der Waals surface area contributed by atoms with E-state index >= 15 is 0 Å². The maximum absolute atomic E-state index is 12.8. The molecule has 120 valence electrons. The second-order valence-corrected chi connectivity index (χ2v) is 5.49. The number of hydrogen-bond acceptors (Lipinski definition) is 2. The largest absolute Gasteiger partial charge is 0.352 e. The van der Waals surface area contributed by atoms with Crippen LogP contribution in [-0.2, 0) is 11.3 Å². The first-order chi connectivity index (χ1) is 11.1. The Kier molecular flexibility index (Phi) is 6.03. The van der Waals surface area contributed by atoms with E-state index in [4.69, 9.17) is 0 Å². The molecule has 2 rings (SSSR count). The van der Waals surface area contributed by atoms with E-state index in [-0.39, 0.29) is 23.9 Å². The lowest BCUT2D eigenvalue weighted by molar-refractivity contribution is -0.121. The van der Waals surface area contributed by atoms with Crippen LogP contribution in [-0.4, -0.2) is 11.7 Å². The van der Waals surface area contributed by atoms with Gasteiger partial charge in [0.15, 0.2) is 5.78 Å². The number of nitrogens with one attached hydrogen (secondary N) is 1. The summed E-state index contributed by atoms with van der Waals surface area (Å²) in [5, 5.41) is 2.86. The molecule has 0 atom stereocenters. The Bertz CT molecular complexity index is 680. The summed E-state index contributed by atoms with van der Waals surface area (Å²) in [5.41, 5.74) is 2.70. The van der Waals surface area contributed by atoms with Crippen molar-refractivity contribution >= 4 is 11.7 Å². The number of carbonyl (C=O) groups excluding carboxylic acids is 2. The Labute approximate surface area is 135 Å². The number of halogens is 1. The van der Waals surface area contributed by atoms with Gasteiger partial charge in [-0.1, -0.05) is 24.3 Å². The molecular weight excluding hydrogens is 293 g/mol. The third kappa shape index (κ3) is 5.33. The van der Waals surface area contributed by atoms with Gasteiger partial charge < -0.3 is 5.32 Å². The Morgan fingerprint density at radius 1 is 1.00 bits per heavy atom. The van der Waals surface area contributed by atoms with Gasteiger partial charge >= 0.3 is 0 Å². The zero-order valence-corrected chi connectivity index (χ0v) is 13.1. The van der Waals surface area contributed by atoms with Crippen LogP contribution >= 0.6 is 0 Å². The molecule has 0 saturated carbocycles. The molecule has 0 unspecified atom stereocenters. The van der Waals surface area contributed by atoms with Crippen LogP contribution < -0.4 is 5.32 Å². The van der Waals surface area contributed by atoms with Crippen molar-refractivity contribution < 1.29 is 14.0 Å². The normalized spacial score (nSPS) is 10.3. The molecule has 0 radical (unpaired) electrons. The summed E-state index contributed by atoms with van der Waals surface area (Å²) in [6.45, 7) is 2.50. The van der Waals surface area contributed by atoms with Crippen LogP contribution in [0, 0.1) is 12.7 Å². The average molecular weight is 313 g/mol. The molecule has 2 aromatic rings. The quantitative estimate of drug-likeness (QED) is 0.790. The van der Waals surface area contributed by atoms with Crippen molar-refractivity contribution in [3.05, 3.63) is 71.0 Å². The van der Waals surface area contributed by atoms with E-state index in [0.717, 1.165) is 11.1 Å². The van der Waals surface area contributed by atoms with E-state index in [1.54, 1.807) is 0 Å². The van der Waals surface area contributed by atoms with E-state index in [9.17, 15) is 14.0 Å². The summed E-state index contributed by atoms with van der Waals surface area (Å²) < 4.78 is 12.8. The van der Waals surface area contributed by atoms with Gasteiger partial charge in [0.25, 0.3) is 0 Å². The standard InChI is InChI=1S/C19H20FNO2/c1-14-5-2-3-6-16(14)13-21-19(23)8-4-7-18(22)15-9-11-17(20)12-10-15/h2-3,5-6,9-12H,4,7-8,13H2,1H3,(H,21,23). The highest BCUT2D eigenvalue weighted by Crippen LogP contribution is 2.09. The third-order valence-corrected chi connectivity index (χ3v) is 3.71. The maximum Gasteiger partial charge on any atom is 0.220 e. The summed E-state index contributed by atoms with van der Waals surface area (Å²) >= 11 is 0. The lowest BCUT2D eigenvalue weighted by Gasteiger charge is -2.07. The number of benzene rings is 2. The minimum atomic E-state index is -0.364. The van der Waals surface area contributed by atoms with Crippen LogP contribution in [0.5, 0.6) is 0 Å². The molecule has 0 aliphatic carbocycles. The van der Waals surface area contributed by atoms with Gasteiger partial charge in [0, 0.05) is 24.9 Å². The van der Waals surface area contributed by atoms with Crippen molar-refractivity contribution in [3.8, 4) is 0 Å².